The topological polar surface area (TPSA) is 49.5 Å². The Labute approximate surface area is 99.0 Å². The number of likely N-dealkylation sites (tertiary alicyclic amines) is 1. The van der Waals surface area contributed by atoms with E-state index in [1.165, 1.54) is 25.7 Å². The fourth-order valence-electron chi connectivity index (χ4n) is 3.28. The Hall–Kier alpha value is -0.120. The Morgan fingerprint density at radius 3 is 2.75 bits per heavy atom. The third-order valence-corrected chi connectivity index (χ3v) is 4.47. The van der Waals surface area contributed by atoms with Crippen LogP contribution in [-0.2, 0) is 0 Å². The van der Waals surface area contributed by atoms with Crippen molar-refractivity contribution in [2.24, 2.45) is 17.6 Å². The Morgan fingerprint density at radius 1 is 1.31 bits per heavy atom. The van der Waals surface area contributed by atoms with Gasteiger partial charge < -0.3 is 15.7 Å². The largest absolute Gasteiger partial charge is 0.392 e. The second kappa shape index (κ2) is 5.48. The summed E-state index contributed by atoms with van der Waals surface area (Å²) in [5.74, 6) is 1.54. The van der Waals surface area contributed by atoms with Crippen LogP contribution in [0.2, 0.25) is 0 Å². The quantitative estimate of drug-likeness (QED) is 0.760. The Balaban J connectivity index is 1.82. The highest BCUT2D eigenvalue weighted by molar-refractivity contribution is 4.86. The molecule has 1 saturated carbocycles. The van der Waals surface area contributed by atoms with Crippen LogP contribution in [0.3, 0.4) is 0 Å². The number of rotatable bonds is 3. The molecule has 1 saturated heterocycles. The summed E-state index contributed by atoms with van der Waals surface area (Å²) in [6, 6.07) is 0.389. The van der Waals surface area contributed by atoms with Crippen LogP contribution in [0, 0.1) is 11.8 Å². The molecule has 2 rings (SSSR count). The van der Waals surface area contributed by atoms with Gasteiger partial charge in [-0.2, -0.15) is 0 Å². The predicted molar refractivity (Wildman–Crippen MR) is 66.2 cm³/mol. The number of aliphatic hydroxyl groups excluding tert-OH is 1. The van der Waals surface area contributed by atoms with Crippen LogP contribution in [0.1, 0.15) is 39.0 Å². The van der Waals surface area contributed by atoms with Crippen LogP contribution in [0.4, 0.5) is 0 Å². The van der Waals surface area contributed by atoms with Crippen LogP contribution in [0.25, 0.3) is 0 Å². The van der Waals surface area contributed by atoms with Gasteiger partial charge >= 0.3 is 0 Å². The zero-order valence-electron chi connectivity index (χ0n) is 10.4. The summed E-state index contributed by atoms with van der Waals surface area (Å²) >= 11 is 0. The SMILES string of the molecule is CCC1CCC(N)C(CN2CCC(O)C2)C1. The van der Waals surface area contributed by atoms with Crippen molar-refractivity contribution < 1.29 is 5.11 Å². The minimum atomic E-state index is -0.0956. The van der Waals surface area contributed by atoms with Crippen LogP contribution >= 0.6 is 0 Å². The van der Waals surface area contributed by atoms with Crippen molar-refractivity contribution in [3.63, 3.8) is 0 Å². The molecule has 0 aromatic rings. The van der Waals surface area contributed by atoms with Gasteiger partial charge in [-0.25, -0.2) is 0 Å². The lowest BCUT2D eigenvalue weighted by Crippen LogP contribution is -2.42. The molecule has 3 heteroatoms. The molecule has 1 aliphatic heterocycles. The lowest BCUT2D eigenvalue weighted by molar-refractivity contribution is 0.144. The summed E-state index contributed by atoms with van der Waals surface area (Å²) < 4.78 is 0. The van der Waals surface area contributed by atoms with Gasteiger partial charge in [0.05, 0.1) is 6.10 Å². The van der Waals surface area contributed by atoms with E-state index >= 15 is 0 Å². The first-order chi connectivity index (χ1) is 7.69. The van der Waals surface area contributed by atoms with E-state index in [9.17, 15) is 5.11 Å². The Kier molecular flexibility index (Phi) is 4.22. The van der Waals surface area contributed by atoms with E-state index in [0.29, 0.717) is 12.0 Å². The van der Waals surface area contributed by atoms with Gasteiger partial charge in [-0.15, -0.1) is 0 Å². The first-order valence-electron chi connectivity index (χ1n) is 6.85. The maximum atomic E-state index is 9.52. The standard InChI is InChI=1S/C13H26N2O/c1-2-10-3-4-13(14)11(7-10)8-15-6-5-12(16)9-15/h10-13,16H,2-9,14H2,1H3. The number of hydrogen-bond donors (Lipinski definition) is 2. The van der Waals surface area contributed by atoms with E-state index in [0.717, 1.165) is 32.0 Å². The average Bonchev–Trinajstić information content (AvgIpc) is 2.67. The van der Waals surface area contributed by atoms with Gasteiger partial charge in [0, 0.05) is 25.7 Å². The summed E-state index contributed by atoms with van der Waals surface area (Å²) in [7, 11) is 0. The predicted octanol–water partition coefficient (Wildman–Crippen LogP) is 1.21. The molecule has 2 aliphatic rings. The number of β-amino-alcohol motifs (C(OH)–C–C–N with tert-alkyl or cyclic N) is 1. The van der Waals surface area contributed by atoms with Crippen molar-refractivity contribution >= 4 is 0 Å². The highest BCUT2D eigenvalue weighted by Crippen LogP contribution is 2.31. The minimum Gasteiger partial charge on any atom is -0.392 e. The maximum Gasteiger partial charge on any atom is 0.0679 e. The zero-order chi connectivity index (χ0) is 11.5. The lowest BCUT2D eigenvalue weighted by atomic mass is 9.77. The molecule has 1 heterocycles. The van der Waals surface area contributed by atoms with Gasteiger partial charge in [-0.1, -0.05) is 13.3 Å². The second-order valence-corrected chi connectivity index (χ2v) is 5.71. The monoisotopic (exact) mass is 226 g/mol. The second-order valence-electron chi connectivity index (χ2n) is 5.71. The number of hydrogen-bond acceptors (Lipinski definition) is 3. The van der Waals surface area contributed by atoms with Gasteiger partial charge in [-0.05, 0) is 37.5 Å². The van der Waals surface area contributed by atoms with Crippen molar-refractivity contribution in [1.82, 2.24) is 4.90 Å². The molecule has 3 N–H and O–H groups in total. The van der Waals surface area contributed by atoms with Crippen molar-refractivity contribution in [3.05, 3.63) is 0 Å². The summed E-state index contributed by atoms with van der Waals surface area (Å²) in [5, 5.41) is 9.52. The first kappa shape index (κ1) is 12.3. The third-order valence-electron chi connectivity index (χ3n) is 4.47. The van der Waals surface area contributed by atoms with Gasteiger partial charge in [0.1, 0.15) is 0 Å². The van der Waals surface area contributed by atoms with E-state index < -0.39 is 0 Å². The van der Waals surface area contributed by atoms with Gasteiger partial charge in [0.15, 0.2) is 0 Å². The molecule has 0 amide bonds. The number of nitrogens with two attached hydrogens (primary N) is 1. The Morgan fingerprint density at radius 2 is 2.12 bits per heavy atom. The van der Waals surface area contributed by atoms with Gasteiger partial charge in [0.2, 0.25) is 0 Å². The minimum absolute atomic E-state index is 0.0956. The molecule has 94 valence electrons. The Bertz CT molecular complexity index is 222. The van der Waals surface area contributed by atoms with E-state index in [-0.39, 0.29) is 6.10 Å². The lowest BCUT2D eigenvalue weighted by Gasteiger charge is -2.36. The highest BCUT2D eigenvalue weighted by Gasteiger charge is 2.30. The van der Waals surface area contributed by atoms with Crippen LogP contribution in [0.15, 0.2) is 0 Å². The van der Waals surface area contributed by atoms with E-state index in [1.54, 1.807) is 0 Å². The fourth-order valence-corrected chi connectivity index (χ4v) is 3.28. The molecule has 4 unspecified atom stereocenters. The molecular formula is C13H26N2O. The van der Waals surface area contributed by atoms with Crippen LogP contribution in [-0.4, -0.2) is 41.8 Å². The summed E-state index contributed by atoms with van der Waals surface area (Å²) in [6.45, 7) is 5.31. The summed E-state index contributed by atoms with van der Waals surface area (Å²) in [6.07, 6.45) is 5.95. The van der Waals surface area contributed by atoms with Gasteiger partial charge in [0.25, 0.3) is 0 Å². The first-order valence-corrected chi connectivity index (χ1v) is 6.85. The maximum absolute atomic E-state index is 9.52. The average molecular weight is 226 g/mol. The molecule has 16 heavy (non-hydrogen) atoms. The number of nitrogens with zero attached hydrogens (tertiary/aromatic N) is 1. The molecule has 2 fully saturated rings. The van der Waals surface area contributed by atoms with Crippen molar-refractivity contribution in [3.8, 4) is 0 Å². The van der Waals surface area contributed by atoms with E-state index in [1.807, 2.05) is 0 Å². The van der Waals surface area contributed by atoms with E-state index in [2.05, 4.69) is 11.8 Å². The van der Waals surface area contributed by atoms with Gasteiger partial charge in [-0.3, -0.25) is 0 Å². The molecule has 0 spiro atoms. The third kappa shape index (κ3) is 2.96. The van der Waals surface area contributed by atoms with Crippen LogP contribution in [0.5, 0.6) is 0 Å². The summed E-state index contributed by atoms with van der Waals surface area (Å²) in [4.78, 5) is 2.40. The van der Waals surface area contributed by atoms with Crippen molar-refractivity contribution in [1.29, 1.82) is 0 Å². The zero-order valence-corrected chi connectivity index (χ0v) is 10.4. The molecule has 0 radical (unpaired) electrons. The smallest absolute Gasteiger partial charge is 0.0679 e. The van der Waals surface area contributed by atoms with Crippen LogP contribution < -0.4 is 5.73 Å². The molecular weight excluding hydrogens is 200 g/mol. The molecule has 0 bridgehead atoms. The fraction of sp³-hybridized carbons (Fsp3) is 1.00. The van der Waals surface area contributed by atoms with E-state index in [4.69, 9.17) is 5.73 Å². The molecule has 3 nitrogen and oxygen atoms in total. The van der Waals surface area contributed by atoms with Crippen molar-refractivity contribution in [2.75, 3.05) is 19.6 Å². The molecule has 0 aromatic heterocycles. The molecule has 0 aromatic carbocycles. The van der Waals surface area contributed by atoms with Crippen molar-refractivity contribution in [2.45, 2.75) is 51.2 Å². The molecule has 4 atom stereocenters. The number of aliphatic hydroxyl groups is 1. The molecule has 1 aliphatic carbocycles. The normalized spacial score (nSPS) is 41.4. The highest BCUT2D eigenvalue weighted by atomic mass is 16.3. The summed E-state index contributed by atoms with van der Waals surface area (Å²) in [5.41, 5.74) is 6.22.